The third-order valence-electron chi connectivity index (χ3n) is 8.05. The van der Waals surface area contributed by atoms with Crippen molar-refractivity contribution in [2.24, 2.45) is 0 Å². The van der Waals surface area contributed by atoms with Gasteiger partial charge in [0.25, 0.3) is 5.91 Å². The van der Waals surface area contributed by atoms with Crippen LogP contribution < -0.4 is 10.6 Å². The van der Waals surface area contributed by atoms with Gasteiger partial charge in [0.1, 0.15) is 17.9 Å². The number of amides is 2. The number of aromatic nitrogens is 2. The number of carbonyl (C=O) groups is 3. The summed E-state index contributed by atoms with van der Waals surface area (Å²) in [6.07, 6.45) is -1.32. The number of nitrogens with one attached hydrogen (secondary N) is 2. The molecule has 8 nitrogen and oxygen atoms in total. The van der Waals surface area contributed by atoms with Gasteiger partial charge in [-0.05, 0) is 53.3 Å². The van der Waals surface area contributed by atoms with Gasteiger partial charge in [0.2, 0.25) is 5.91 Å². The van der Waals surface area contributed by atoms with Crippen LogP contribution in [-0.2, 0) is 27.6 Å². The van der Waals surface area contributed by atoms with E-state index in [9.17, 15) is 37.1 Å². The standard InChI is InChI=1S/C38H34F4N4O4S/c1-21(36(49)50)45-34(47)30(46-35(48)31-15-16-32(51-31)37(2,3)4)17-22-5-7-25(8-6-22)33-43-19-26(20-44-33)23-9-11-24(12-10-23)28-14-13-27(18-29(28)39)38(40,41)42/h5-16,18-21,30H,17H2,1-4H3,(H,45,47)(H,46,48)(H,49,50)/t21-,30+/m1/s1. The van der Waals surface area contributed by atoms with E-state index in [0.29, 0.717) is 44.6 Å². The number of nitrogens with zero attached hydrogens (tertiary/aromatic N) is 2. The van der Waals surface area contributed by atoms with E-state index in [1.807, 2.05) is 26.8 Å². The van der Waals surface area contributed by atoms with Gasteiger partial charge in [-0.2, -0.15) is 13.2 Å². The fraction of sp³-hybridized carbons (Fsp3) is 0.237. The van der Waals surface area contributed by atoms with Crippen molar-refractivity contribution in [2.45, 2.75) is 57.8 Å². The molecule has 264 valence electrons. The predicted octanol–water partition coefficient (Wildman–Crippen LogP) is 7.92. The van der Waals surface area contributed by atoms with E-state index in [1.54, 1.807) is 67.0 Å². The normalized spacial score (nSPS) is 12.9. The number of carboxylic acid groups (broad SMARTS) is 1. The first-order chi connectivity index (χ1) is 24.0. The molecule has 0 saturated carbocycles. The Hall–Kier alpha value is -5.43. The molecule has 2 heterocycles. The Balaban J connectivity index is 1.28. The lowest BCUT2D eigenvalue weighted by molar-refractivity contribution is -0.141. The maximum absolute atomic E-state index is 14.5. The van der Waals surface area contributed by atoms with Crippen LogP contribution in [0.4, 0.5) is 17.6 Å². The second-order valence-corrected chi connectivity index (χ2v) is 14.1. The second-order valence-electron chi connectivity index (χ2n) is 13.0. The number of rotatable bonds is 10. The molecule has 2 atom stereocenters. The van der Waals surface area contributed by atoms with Crippen molar-refractivity contribution in [1.82, 2.24) is 20.6 Å². The lowest BCUT2D eigenvalue weighted by atomic mass is 9.95. The monoisotopic (exact) mass is 718 g/mol. The Labute approximate surface area is 295 Å². The van der Waals surface area contributed by atoms with Gasteiger partial charge in [-0.25, -0.2) is 14.4 Å². The summed E-state index contributed by atoms with van der Waals surface area (Å²) < 4.78 is 53.2. The fourth-order valence-corrected chi connectivity index (χ4v) is 6.06. The zero-order valence-electron chi connectivity index (χ0n) is 28.0. The summed E-state index contributed by atoms with van der Waals surface area (Å²) >= 11 is 1.33. The molecule has 3 aromatic carbocycles. The molecule has 3 N–H and O–H groups in total. The summed E-state index contributed by atoms with van der Waals surface area (Å²) in [6.45, 7) is 7.44. The van der Waals surface area contributed by atoms with Gasteiger partial charge in [0, 0.05) is 40.4 Å². The van der Waals surface area contributed by atoms with E-state index in [0.717, 1.165) is 17.0 Å². The van der Waals surface area contributed by atoms with Gasteiger partial charge >= 0.3 is 12.1 Å². The number of carbonyl (C=O) groups excluding carboxylic acids is 2. The molecule has 0 fully saturated rings. The SMILES string of the molecule is C[C@@H](NC(=O)[C@H](Cc1ccc(-c2ncc(-c3ccc(-c4ccc(C(F)(F)F)cc4F)cc3)cn2)cc1)NC(=O)c1ccc(C(C)(C)C)s1)C(=O)O. The number of hydrogen-bond acceptors (Lipinski definition) is 6. The average Bonchev–Trinajstić information content (AvgIpc) is 3.60. The molecule has 0 aliphatic rings. The Bertz CT molecular complexity index is 2040. The molecule has 5 aromatic rings. The van der Waals surface area contributed by atoms with E-state index in [2.05, 4.69) is 20.6 Å². The quantitative estimate of drug-likeness (QED) is 0.126. The average molecular weight is 719 g/mol. The summed E-state index contributed by atoms with van der Waals surface area (Å²) in [7, 11) is 0. The van der Waals surface area contributed by atoms with Crippen molar-refractivity contribution in [3.05, 3.63) is 118 Å². The molecule has 13 heteroatoms. The van der Waals surface area contributed by atoms with Crippen LogP contribution in [0.1, 0.15) is 53.4 Å². The number of carboxylic acids is 1. The topological polar surface area (TPSA) is 121 Å². The molecular formula is C38H34F4N4O4S. The number of benzene rings is 3. The molecule has 2 aromatic heterocycles. The zero-order valence-corrected chi connectivity index (χ0v) is 28.8. The highest BCUT2D eigenvalue weighted by molar-refractivity contribution is 7.14. The lowest BCUT2D eigenvalue weighted by Crippen LogP contribution is -2.51. The third-order valence-corrected chi connectivity index (χ3v) is 9.56. The summed E-state index contributed by atoms with van der Waals surface area (Å²) in [5, 5.41) is 14.5. The molecule has 51 heavy (non-hydrogen) atoms. The van der Waals surface area contributed by atoms with Crippen molar-refractivity contribution in [1.29, 1.82) is 0 Å². The Morgan fingerprint density at radius 3 is 1.96 bits per heavy atom. The molecular weight excluding hydrogens is 685 g/mol. The highest BCUT2D eigenvalue weighted by atomic mass is 32.1. The van der Waals surface area contributed by atoms with Crippen molar-refractivity contribution >= 4 is 29.1 Å². The van der Waals surface area contributed by atoms with E-state index in [1.165, 1.54) is 18.3 Å². The summed E-state index contributed by atoms with van der Waals surface area (Å²) in [4.78, 5) is 48.0. The van der Waals surface area contributed by atoms with Crippen molar-refractivity contribution in [3.63, 3.8) is 0 Å². The number of alkyl halides is 3. The van der Waals surface area contributed by atoms with Crippen LogP contribution in [0.2, 0.25) is 0 Å². The van der Waals surface area contributed by atoms with Gasteiger partial charge < -0.3 is 15.7 Å². The Morgan fingerprint density at radius 2 is 1.41 bits per heavy atom. The van der Waals surface area contributed by atoms with Crippen LogP contribution in [0.5, 0.6) is 0 Å². The maximum Gasteiger partial charge on any atom is 0.416 e. The van der Waals surface area contributed by atoms with E-state index < -0.39 is 47.4 Å². The summed E-state index contributed by atoms with van der Waals surface area (Å²) in [6, 6.07) is 17.5. The highest BCUT2D eigenvalue weighted by Crippen LogP contribution is 2.34. The first kappa shape index (κ1) is 36.8. The minimum Gasteiger partial charge on any atom is -0.480 e. The smallest absolute Gasteiger partial charge is 0.416 e. The highest BCUT2D eigenvalue weighted by Gasteiger charge is 2.31. The van der Waals surface area contributed by atoms with E-state index >= 15 is 0 Å². The van der Waals surface area contributed by atoms with Crippen LogP contribution in [0.3, 0.4) is 0 Å². The van der Waals surface area contributed by atoms with Crippen LogP contribution >= 0.6 is 11.3 Å². The van der Waals surface area contributed by atoms with Gasteiger partial charge in [0.15, 0.2) is 5.82 Å². The van der Waals surface area contributed by atoms with Crippen molar-refractivity contribution in [2.75, 3.05) is 0 Å². The van der Waals surface area contributed by atoms with Crippen molar-refractivity contribution in [3.8, 4) is 33.6 Å². The number of halogens is 4. The Kier molecular flexibility index (Phi) is 10.7. The molecule has 0 unspecified atom stereocenters. The number of hydrogen-bond donors (Lipinski definition) is 3. The van der Waals surface area contributed by atoms with Crippen LogP contribution in [0.25, 0.3) is 33.6 Å². The van der Waals surface area contributed by atoms with Crippen LogP contribution in [0.15, 0.2) is 91.3 Å². The molecule has 0 spiro atoms. The van der Waals surface area contributed by atoms with Crippen molar-refractivity contribution < 1.29 is 37.1 Å². The molecule has 0 saturated heterocycles. The van der Waals surface area contributed by atoms with Gasteiger partial charge in [0.05, 0.1) is 10.4 Å². The molecule has 0 aliphatic heterocycles. The second kappa shape index (κ2) is 14.8. The van der Waals surface area contributed by atoms with Crippen LogP contribution in [0, 0.1) is 5.82 Å². The number of thiophene rings is 1. The third kappa shape index (κ3) is 9.03. The molecule has 0 aliphatic carbocycles. The van der Waals surface area contributed by atoms with Gasteiger partial charge in [-0.3, -0.25) is 14.4 Å². The minimum atomic E-state index is -4.64. The van der Waals surface area contributed by atoms with E-state index in [4.69, 9.17) is 0 Å². The lowest BCUT2D eigenvalue weighted by Gasteiger charge is -2.20. The molecule has 2 amide bonds. The largest absolute Gasteiger partial charge is 0.480 e. The molecule has 0 bridgehead atoms. The maximum atomic E-state index is 14.5. The fourth-order valence-electron chi connectivity index (χ4n) is 5.10. The molecule has 5 rings (SSSR count). The summed E-state index contributed by atoms with van der Waals surface area (Å²) in [5.74, 6) is -2.83. The van der Waals surface area contributed by atoms with Crippen LogP contribution in [-0.4, -0.2) is 44.9 Å². The first-order valence-corrected chi connectivity index (χ1v) is 16.6. The summed E-state index contributed by atoms with van der Waals surface area (Å²) in [5.41, 5.74) is 2.01. The number of aliphatic carboxylic acids is 1. The predicted molar refractivity (Wildman–Crippen MR) is 187 cm³/mol. The Morgan fingerprint density at radius 1 is 0.804 bits per heavy atom. The van der Waals surface area contributed by atoms with Gasteiger partial charge in [-0.15, -0.1) is 11.3 Å². The van der Waals surface area contributed by atoms with E-state index in [-0.39, 0.29) is 17.4 Å². The molecule has 0 radical (unpaired) electrons. The van der Waals surface area contributed by atoms with Gasteiger partial charge in [-0.1, -0.05) is 75.4 Å². The minimum absolute atomic E-state index is 0.0472. The zero-order chi connectivity index (χ0) is 37.1. The first-order valence-electron chi connectivity index (χ1n) is 15.8.